The maximum atomic E-state index is 12.8. The van der Waals surface area contributed by atoms with Crippen molar-refractivity contribution in [2.45, 2.75) is 25.7 Å². The first kappa shape index (κ1) is 22.1. The highest BCUT2D eigenvalue weighted by molar-refractivity contribution is 9.10. The van der Waals surface area contributed by atoms with Crippen LogP contribution in [-0.2, 0) is 11.2 Å². The van der Waals surface area contributed by atoms with E-state index in [2.05, 4.69) is 28.1 Å². The Labute approximate surface area is 185 Å². The first-order valence-electron chi connectivity index (χ1n) is 10.1. The van der Waals surface area contributed by atoms with Gasteiger partial charge in [-0.15, -0.1) is 0 Å². The van der Waals surface area contributed by atoms with Crippen molar-refractivity contribution in [3.05, 3.63) is 94.5 Å². The molecule has 1 atom stereocenters. The van der Waals surface area contributed by atoms with Gasteiger partial charge >= 0.3 is 0 Å². The zero-order valence-corrected chi connectivity index (χ0v) is 18.3. The predicted octanol–water partition coefficient (Wildman–Crippen LogP) is 5.89. The van der Waals surface area contributed by atoms with Crippen molar-refractivity contribution in [3.63, 3.8) is 0 Å². The number of halogens is 1. The van der Waals surface area contributed by atoms with Gasteiger partial charge in [-0.05, 0) is 48.1 Å². The lowest BCUT2D eigenvalue weighted by atomic mass is 9.89. The molecule has 4 heteroatoms. The lowest BCUT2D eigenvalue weighted by molar-refractivity contribution is -0.125. The van der Waals surface area contributed by atoms with Gasteiger partial charge in [0, 0.05) is 22.4 Å². The third-order valence-corrected chi connectivity index (χ3v) is 5.82. The number of Topliss-reactive ketones (excluding diaryl/α,β-unsaturated/α-hetero) is 2. The maximum Gasteiger partial charge on any atom is 0.163 e. The Morgan fingerprint density at radius 2 is 1.43 bits per heavy atom. The van der Waals surface area contributed by atoms with Crippen molar-refractivity contribution in [2.24, 2.45) is 5.92 Å². The summed E-state index contributed by atoms with van der Waals surface area (Å²) in [4.78, 5) is 24.9. The molecule has 0 heterocycles. The molecule has 0 radical (unpaired) electrons. The molecular formula is C26H25BrO3. The number of hydrogen-bond donors (Lipinski definition) is 1. The monoisotopic (exact) mass is 464 g/mol. The van der Waals surface area contributed by atoms with Gasteiger partial charge in [-0.2, -0.15) is 0 Å². The van der Waals surface area contributed by atoms with Crippen molar-refractivity contribution in [2.75, 3.05) is 6.61 Å². The summed E-state index contributed by atoms with van der Waals surface area (Å²) >= 11 is 3.43. The molecule has 3 nitrogen and oxygen atoms in total. The van der Waals surface area contributed by atoms with Gasteiger partial charge in [-0.25, -0.2) is 0 Å². The van der Waals surface area contributed by atoms with E-state index in [-0.39, 0.29) is 18.0 Å². The predicted molar refractivity (Wildman–Crippen MR) is 123 cm³/mol. The van der Waals surface area contributed by atoms with Crippen molar-refractivity contribution < 1.29 is 14.7 Å². The molecule has 30 heavy (non-hydrogen) atoms. The zero-order chi connectivity index (χ0) is 21.3. The van der Waals surface area contributed by atoms with Gasteiger partial charge in [-0.1, -0.05) is 82.7 Å². The molecule has 0 aliphatic rings. The van der Waals surface area contributed by atoms with Gasteiger partial charge in [0.2, 0.25) is 0 Å². The fourth-order valence-corrected chi connectivity index (χ4v) is 3.80. The second-order valence-electron chi connectivity index (χ2n) is 7.41. The van der Waals surface area contributed by atoms with E-state index >= 15 is 0 Å². The Bertz CT molecular complexity index is 963. The molecule has 0 aliphatic heterocycles. The highest BCUT2D eigenvalue weighted by Gasteiger charge is 2.21. The summed E-state index contributed by atoms with van der Waals surface area (Å²) in [6.45, 7) is -0.522. The fourth-order valence-electron chi connectivity index (χ4n) is 3.54. The molecule has 1 N–H and O–H groups in total. The number of hydrogen-bond acceptors (Lipinski definition) is 3. The Kier molecular flexibility index (Phi) is 8.12. The zero-order valence-electron chi connectivity index (χ0n) is 16.8. The topological polar surface area (TPSA) is 54.4 Å². The van der Waals surface area contributed by atoms with Gasteiger partial charge in [0.15, 0.2) is 11.6 Å². The minimum absolute atomic E-state index is 0.0659. The van der Waals surface area contributed by atoms with Gasteiger partial charge in [0.05, 0.1) is 0 Å². The fraction of sp³-hybridized carbons (Fsp3) is 0.231. The molecule has 0 amide bonds. The lowest BCUT2D eigenvalue weighted by Gasteiger charge is -2.14. The summed E-state index contributed by atoms with van der Waals surface area (Å²) in [7, 11) is 0. The summed E-state index contributed by atoms with van der Waals surface area (Å²) in [5.41, 5.74) is 3.91. The van der Waals surface area contributed by atoms with Crippen LogP contribution in [-0.4, -0.2) is 23.3 Å². The van der Waals surface area contributed by atoms with Crippen molar-refractivity contribution in [1.29, 1.82) is 0 Å². The van der Waals surface area contributed by atoms with E-state index in [1.165, 1.54) is 5.56 Å². The number of aliphatic hydroxyl groups excluding tert-OH is 1. The summed E-state index contributed by atoms with van der Waals surface area (Å²) < 4.78 is 1.02. The molecule has 0 saturated heterocycles. The van der Waals surface area contributed by atoms with E-state index in [0.29, 0.717) is 12.0 Å². The minimum Gasteiger partial charge on any atom is -0.389 e. The number of aryl methyl sites for hydroxylation is 1. The molecule has 154 valence electrons. The van der Waals surface area contributed by atoms with Crippen LogP contribution in [0.2, 0.25) is 0 Å². The number of carbonyl (C=O) groups excluding carboxylic acids is 2. The molecule has 1 unspecified atom stereocenters. The normalized spacial score (nSPS) is 11.8. The standard InChI is InChI=1S/C26H25BrO3/c27-24-15-13-21(14-16-24)20-9-11-22(12-10-20)25(29)17-23(26(30)18-28)8-4-7-19-5-2-1-3-6-19/h1-3,5-6,9-16,23,28H,4,7-8,17-18H2. The van der Waals surface area contributed by atoms with Crippen LogP contribution in [0.3, 0.4) is 0 Å². The van der Waals surface area contributed by atoms with E-state index in [9.17, 15) is 14.7 Å². The van der Waals surface area contributed by atoms with Crippen molar-refractivity contribution in [3.8, 4) is 11.1 Å². The highest BCUT2D eigenvalue weighted by Crippen LogP contribution is 2.24. The summed E-state index contributed by atoms with van der Waals surface area (Å²) in [6.07, 6.45) is 2.38. The van der Waals surface area contributed by atoms with Crippen LogP contribution in [0.25, 0.3) is 11.1 Å². The molecular weight excluding hydrogens is 440 g/mol. The Hall–Kier alpha value is -2.56. The SMILES string of the molecule is O=C(CC(CCCc1ccccc1)C(=O)CO)c1ccc(-c2ccc(Br)cc2)cc1. The average molecular weight is 465 g/mol. The van der Waals surface area contributed by atoms with E-state index in [0.717, 1.165) is 28.4 Å². The Morgan fingerprint density at radius 3 is 2.03 bits per heavy atom. The number of benzene rings is 3. The van der Waals surface area contributed by atoms with Gasteiger partial charge in [0.1, 0.15) is 6.61 Å². The number of rotatable bonds is 10. The Balaban J connectivity index is 1.61. The second kappa shape index (κ2) is 11.0. The molecule has 0 saturated carbocycles. The first-order valence-corrected chi connectivity index (χ1v) is 10.9. The van der Waals surface area contributed by atoms with Crippen LogP contribution in [0.5, 0.6) is 0 Å². The first-order chi connectivity index (χ1) is 14.6. The molecule has 3 aromatic carbocycles. The second-order valence-corrected chi connectivity index (χ2v) is 8.33. The average Bonchev–Trinajstić information content (AvgIpc) is 2.79. The van der Waals surface area contributed by atoms with Crippen molar-refractivity contribution in [1.82, 2.24) is 0 Å². The van der Waals surface area contributed by atoms with Crippen LogP contribution in [0.4, 0.5) is 0 Å². The smallest absolute Gasteiger partial charge is 0.163 e. The molecule has 0 spiro atoms. The van der Waals surface area contributed by atoms with Crippen LogP contribution >= 0.6 is 15.9 Å². The van der Waals surface area contributed by atoms with Crippen LogP contribution in [0, 0.1) is 5.92 Å². The quantitative estimate of drug-likeness (QED) is 0.380. The molecule has 0 fully saturated rings. The molecule has 3 rings (SSSR count). The molecule has 3 aromatic rings. The minimum atomic E-state index is -0.522. The van der Waals surface area contributed by atoms with Gasteiger partial charge in [0.25, 0.3) is 0 Å². The Morgan fingerprint density at radius 1 is 0.833 bits per heavy atom. The van der Waals surface area contributed by atoms with E-state index < -0.39 is 12.5 Å². The summed E-state index contributed by atoms with van der Waals surface area (Å²) in [5.74, 6) is -0.774. The van der Waals surface area contributed by atoms with Gasteiger partial charge in [-0.3, -0.25) is 9.59 Å². The van der Waals surface area contributed by atoms with E-state index in [4.69, 9.17) is 0 Å². The van der Waals surface area contributed by atoms with E-state index in [1.807, 2.05) is 66.7 Å². The van der Waals surface area contributed by atoms with Crippen molar-refractivity contribution >= 4 is 27.5 Å². The third kappa shape index (κ3) is 6.22. The van der Waals surface area contributed by atoms with E-state index in [1.54, 1.807) is 0 Å². The number of ketones is 2. The van der Waals surface area contributed by atoms with Crippen LogP contribution in [0.1, 0.15) is 35.2 Å². The molecule has 0 aliphatic carbocycles. The summed E-state index contributed by atoms with van der Waals surface area (Å²) in [6, 6.07) is 25.5. The van der Waals surface area contributed by atoms with Crippen LogP contribution < -0.4 is 0 Å². The molecule has 0 bridgehead atoms. The lowest BCUT2D eigenvalue weighted by Crippen LogP contribution is -2.21. The summed E-state index contributed by atoms with van der Waals surface area (Å²) in [5, 5.41) is 9.32. The van der Waals surface area contributed by atoms with Crippen LogP contribution in [0.15, 0.2) is 83.3 Å². The van der Waals surface area contributed by atoms with Gasteiger partial charge < -0.3 is 5.11 Å². The number of aliphatic hydroxyl groups is 1. The third-order valence-electron chi connectivity index (χ3n) is 5.29. The number of carbonyl (C=O) groups is 2. The highest BCUT2D eigenvalue weighted by atomic mass is 79.9. The largest absolute Gasteiger partial charge is 0.389 e. The molecule has 0 aromatic heterocycles. The maximum absolute atomic E-state index is 12.8.